The van der Waals surface area contributed by atoms with Crippen LogP contribution in [0, 0.1) is 20.8 Å². The molecule has 0 radical (unpaired) electrons. The zero-order chi connectivity index (χ0) is 21.0. The SMILES string of the molecule is Cc1cc(-c2nc(C)c(CSc3ccc(OCC(=O)O)c(C)c3)s2)ccc1CF. The van der Waals surface area contributed by atoms with Gasteiger partial charge in [-0.05, 0) is 61.7 Å². The number of ether oxygens (including phenoxy) is 1. The van der Waals surface area contributed by atoms with Crippen molar-refractivity contribution in [1.29, 1.82) is 0 Å². The van der Waals surface area contributed by atoms with Gasteiger partial charge in [0.05, 0.1) is 5.69 Å². The number of benzene rings is 2. The predicted molar refractivity (Wildman–Crippen MR) is 116 cm³/mol. The van der Waals surface area contributed by atoms with Gasteiger partial charge < -0.3 is 9.84 Å². The highest BCUT2D eigenvalue weighted by molar-refractivity contribution is 7.98. The number of thiazole rings is 1. The number of aromatic nitrogens is 1. The molecule has 0 bridgehead atoms. The van der Waals surface area contributed by atoms with Crippen LogP contribution in [0.2, 0.25) is 0 Å². The molecule has 0 aliphatic rings. The first-order valence-corrected chi connectivity index (χ1v) is 10.9. The normalized spacial score (nSPS) is 10.9. The number of halogens is 1. The van der Waals surface area contributed by atoms with Crippen molar-refractivity contribution in [3.8, 4) is 16.3 Å². The van der Waals surface area contributed by atoms with Crippen LogP contribution in [0.3, 0.4) is 0 Å². The van der Waals surface area contributed by atoms with Crippen molar-refractivity contribution in [3.63, 3.8) is 0 Å². The summed E-state index contributed by atoms with van der Waals surface area (Å²) in [6, 6.07) is 11.5. The Hall–Kier alpha value is -2.38. The number of thioether (sulfide) groups is 1. The number of aliphatic carboxylic acids is 1. The van der Waals surface area contributed by atoms with Crippen LogP contribution in [0.4, 0.5) is 4.39 Å². The second-order valence-electron chi connectivity index (χ2n) is 6.70. The lowest BCUT2D eigenvalue weighted by molar-refractivity contribution is -0.139. The van der Waals surface area contributed by atoms with Crippen LogP contribution in [0.1, 0.15) is 27.3 Å². The van der Waals surface area contributed by atoms with E-state index in [1.807, 2.05) is 51.1 Å². The first kappa shape index (κ1) is 21.3. The van der Waals surface area contributed by atoms with Crippen LogP contribution in [0.15, 0.2) is 41.3 Å². The largest absolute Gasteiger partial charge is 0.482 e. The summed E-state index contributed by atoms with van der Waals surface area (Å²) in [5.74, 6) is 0.383. The minimum atomic E-state index is -0.992. The predicted octanol–water partition coefficient (Wildman–Crippen LogP) is 5.96. The smallest absolute Gasteiger partial charge is 0.341 e. The van der Waals surface area contributed by atoms with E-state index in [-0.39, 0.29) is 6.61 Å². The third-order valence-corrected chi connectivity index (χ3v) is 6.90. The molecular formula is C22H22FNO3S2. The minimum Gasteiger partial charge on any atom is -0.482 e. The summed E-state index contributed by atoms with van der Waals surface area (Å²) in [6.07, 6.45) is 0. The van der Waals surface area contributed by atoms with Gasteiger partial charge in [-0.1, -0.05) is 12.1 Å². The maximum absolute atomic E-state index is 12.9. The van der Waals surface area contributed by atoms with Crippen molar-refractivity contribution < 1.29 is 19.0 Å². The van der Waals surface area contributed by atoms with Gasteiger partial charge in [-0.3, -0.25) is 0 Å². The molecule has 0 unspecified atom stereocenters. The van der Waals surface area contributed by atoms with E-state index in [1.54, 1.807) is 29.2 Å². The third kappa shape index (κ3) is 5.36. The maximum atomic E-state index is 12.9. The molecule has 7 heteroatoms. The summed E-state index contributed by atoms with van der Waals surface area (Å²) in [6.45, 7) is 5.03. The van der Waals surface area contributed by atoms with Crippen LogP contribution in [0.5, 0.6) is 5.75 Å². The van der Waals surface area contributed by atoms with Crippen molar-refractivity contribution in [2.24, 2.45) is 0 Å². The number of carbonyl (C=O) groups is 1. The number of aryl methyl sites for hydroxylation is 3. The highest BCUT2D eigenvalue weighted by atomic mass is 32.2. The molecule has 4 nitrogen and oxygen atoms in total. The number of alkyl halides is 1. The Labute approximate surface area is 177 Å². The van der Waals surface area contributed by atoms with Crippen molar-refractivity contribution in [3.05, 3.63) is 63.7 Å². The minimum absolute atomic E-state index is 0.345. The molecule has 0 spiro atoms. The monoisotopic (exact) mass is 431 g/mol. The van der Waals surface area contributed by atoms with Gasteiger partial charge in [0.25, 0.3) is 0 Å². The molecule has 152 valence electrons. The molecule has 3 aromatic rings. The van der Waals surface area contributed by atoms with Gasteiger partial charge in [0.2, 0.25) is 0 Å². The highest BCUT2D eigenvalue weighted by Gasteiger charge is 2.12. The average molecular weight is 432 g/mol. The summed E-state index contributed by atoms with van der Waals surface area (Å²) in [5, 5.41) is 9.68. The molecule has 0 aliphatic carbocycles. The maximum Gasteiger partial charge on any atom is 0.341 e. The summed E-state index contributed by atoms with van der Waals surface area (Å²) >= 11 is 3.36. The number of nitrogens with zero attached hydrogens (tertiary/aromatic N) is 1. The van der Waals surface area contributed by atoms with Gasteiger partial charge in [0.15, 0.2) is 6.61 Å². The zero-order valence-corrected chi connectivity index (χ0v) is 18.1. The van der Waals surface area contributed by atoms with E-state index >= 15 is 0 Å². The van der Waals surface area contributed by atoms with Gasteiger partial charge >= 0.3 is 5.97 Å². The van der Waals surface area contributed by atoms with Crippen molar-refractivity contribution in [1.82, 2.24) is 4.98 Å². The van der Waals surface area contributed by atoms with Crippen molar-refractivity contribution in [2.75, 3.05) is 6.61 Å². The molecule has 3 rings (SSSR count). The number of hydrogen-bond donors (Lipinski definition) is 1. The molecular weight excluding hydrogens is 409 g/mol. The van der Waals surface area contributed by atoms with Crippen LogP contribution < -0.4 is 4.74 Å². The van der Waals surface area contributed by atoms with Crippen molar-refractivity contribution in [2.45, 2.75) is 38.1 Å². The van der Waals surface area contributed by atoms with Gasteiger partial charge in [0, 0.05) is 21.1 Å². The summed E-state index contributed by atoms with van der Waals surface area (Å²) < 4.78 is 18.2. The first-order valence-electron chi connectivity index (χ1n) is 9.07. The number of carboxylic acids is 1. The molecule has 0 aliphatic heterocycles. The molecule has 1 aromatic heterocycles. The van der Waals surface area contributed by atoms with E-state index in [4.69, 9.17) is 14.8 Å². The molecule has 1 heterocycles. The molecule has 29 heavy (non-hydrogen) atoms. The highest BCUT2D eigenvalue weighted by Crippen LogP contribution is 2.34. The van der Waals surface area contributed by atoms with E-state index in [2.05, 4.69) is 0 Å². The molecule has 1 N–H and O–H groups in total. The molecule has 2 aromatic carbocycles. The fraction of sp³-hybridized carbons (Fsp3) is 0.273. The fourth-order valence-electron chi connectivity index (χ4n) is 2.83. The number of carboxylic acid groups (broad SMARTS) is 1. The Morgan fingerprint density at radius 1 is 1.17 bits per heavy atom. The molecule has 0 atom stereocenters. The van der Waals surface area contributed by atoms with E-state index in [1.165, 1.54) is 4.88 Å². The zero-order valence-electron chi connectivity index (χ0n) is 16.5. The lowest BCUT2D eigenvalue weighted by atomic mass is 10.1. The number of rotatable bonds is 8. The standard InChI is InChI=1S/C22H22FNO3S2/c1-13-8-16(4-5-17(13)10-23)22-24-15(3)20(29-22)12-28-18-6-7-19(14(2)9-18)27-11-21(25)26/h4-9H,10-12H2,1-3H3,(H,25,26). The Bertz CT molecular complexity index is 1030. The third-order valence-electron chi connectivity index (χ3n) is 4.49. The van der Waals surface area contributed by atoms with Gasteiger partial charge in [-0.15, -0.1) is 23.1 Å². The van der Waals surface area contributed by atoms with Crippen LogP contribution >= 0.6 is 23.1 Å². The van der Waals surface area contributed by atoms with Crippen molar-refractivity contribution >= 4 is 29.1 Å². The summed E-state index contributed by atoms with van der Waals surface area (Å²) in [5.41, 5.74) is 4.57. The fourth-order valence-corrected chi connectivity index (χ4v) is 5.02. The second kappa shape index (κ2) is 9.41. The Morgan fingerprint density at radius 2 is 1.97 bits per heavy atom. The second-order valence-corrected chi connectivity index (χ2v) is 8.83. The van der Waals surface area contributed by atoms with E-state index in [0.29, 0.717) is 11.3 Å². The van der Waals surface area contributed by atoms with E-state index in [9.17, 15) is 9.18 Å². The molecule has 0 saturated heterocycles. The summed E-state index contributed by atoms with van der Waals surface area (Å²) in [4.78, 5) is 17.6. The van der Waals surface area contributed by atoms with Crippen LogP contribution in [-0.4, -0.2) is 22.7 Å². The van der Waals surface area contributed by atoms with Crippen LogP contribution in [0.25, 0.3) is 10.6 Å². The number of hydrogen-bond acceptors (Lipinski definition) is 5. The van der Waals surface area contributed by atoms with Crippen LogP contribution in [-0.2, 0) is 17.2 Å². The van der Waals surface area contributed by atoms with E-state index in [0.717, 1.165) is 38.0 Å². The molecule has 0 amide bonds. The lowest BCUT2D eigenvalue weighted by Crippen LogP contribution is -2.09. The van der Waals surface area contributed by atoms with Gasteiger partial charge in [0.1, 0.15) is 17.4 Å². The quantitative estimate of drug-likeness (QED) is 0.446. The molecule has 0 fully saturated rings. The first-order chi connectivity index (χ1) is 13.9. The molecule has 0 saturated carbocycles. The average Bonchev–Trinajstić information content (AvgIpc) is 3.06. The lowest BCUT2D eigenvalue weighted by Gasteiger charge is -2.08. The van der Waals surface area contributed by atoms with Gasteiger partial charge in [-0.2, -0.15) is 0 Å². The Balaban J connectivity index is 1.69. The van der Waals surface area contributed by atoms with E-state index < -0.39 is 12.6 Å². The Kier molecular flexibility index (Phi) is 6.92. The Morgan fingerprint density at radius 3 is 2.62 bits per heavy atom. The summed E-state index contributed by atoms with van der Waals surface area (Å²) in [7, 11) is 0. The topological polar surface area (TPSA) is 59.4 Å². The van der Waals surface area contributed by atoms with Gasteiger partial charge in [-0.25, -0.2) is 14.2 Å².